The van der Waals surface area contributed by atoms with Crippen LogP contribution >= 0.6 is 0 Å². The molecule has 4 aromatic rings. The van der Waals surface area contributed by atoms with Crippen molar-refractivity contribution in [2.45, 2.75) is 19.1 Å². The molecule has 1 aromatic heterocycles. The largest absolute Gasteiger partial charge is 0.416 e. The van der Waals surface area contributed by atoms with Gasteiger partial charge < -0.3 is 10.6 Å². The van der Waals surface area contributed by atoms with Crippen molar-refractivity contribution in [3.05, 3.63) is 120 Å². The van der Waals surface area contributed by atoms with E-state index in [4.69, 9.17) is 0 Å². The van der Waals surface area contributed by atoms with Crippen LogP contribution in [-0.2, 0) is 23.9 Å². The molecule has 8 heteroatoms. The van der Waals surface area contributed by atoms with Crippen molar-refractivity contribution in [1.29, 1.82) is 0 Å². The summed E-state index contributed by atoms with van der Waals surface area (Å²) in [4.78, 5) is 29.1. The SMILES string of the molecule is O=C(Cc1ccc(NC(=O)c2ccccc2-c2ccc(C(F)(F)F)cc2)cc1)NCc1ccncc1. The Morgan fingerprint density at radius 2 is 1.44 bits per heavy atom. The third kappa shape index (κ3) is 6.35. The van der Waals surface area contributed by atoms with Gasteiger partial charge in [-0.25, -0.2) is 0 Å². The van der Waals surface area contributed by atoms with Crippen molar-refractivity contribution in [3.63, 3.8) is 0 Å². The highest BCUT2D eigenvalue weighted by Crippen LogP contribution is 2.32. The number of hydrogen-bond acceptors (Lipinski definition) is 3. The fourth-order valence-electron chi connectivity index (χ4n) is 3.63. The Hall–Kier alpha value is -4.46. The van der Waals surface area contributed by atoms with Crippen LogP contribution in [0.4, 0.5) is 18.9 Å². The van der Waals surface area contributed by atoms with Gasteiger partial charge in [-0.2, -0.15) is 13.2 Å². The molecule has 0 unspecified atom stereocenters. The van der Waals surface area contributed by atoms with E-state index in [0.29, 0.717) is 28.9 Å². The van der Waals surface area contributed by atoms with Gasteiger partial charge in [-0.15, -0.1) is 0 Å². The highest BCUT2D eigenvalue weighted by atomic mass is 19.4. The maximum Gasteiger partial charge on any atom is 0.416 e. The Bertz CT molecular complexity index is 1340. The average molecular weight is 489 g/mol. The van der Waals surface area contributed by atoms with Crippen LogP contribution < -0.4 is 10.6 Å². The number of amides is 2. The van der Waals surface area contributed by atoms with Crippen LogP contribution in [0.3, 0.4) is 0 Å². The van der Waals surface area contributed by atoms with E-state index in [-0.39, 0.29) is 12.3 Å². The van der Waals surface area contributed by atoms with E-state index < -0.39 is 17.6 Å². The number of rotatable bonds is 7. The van der Waals surface area contributed by atoms with E-state index in [9.17, 15) is 22.8 Å². The minimum atomic E-state index is -4.43. The van der Waals surface area contributed by atoms with Crippen molar-refractivity contribution in [2.24, 2.45) is 0 Å². The monoisotopic (exact) mass is 489 g/mol. The van der Waals surface area contributed by atoms with Crippen LogP contribution in [0.15, 0.2) is 97.3 Å². The lowest BCUT2D eigenvalue weighted by Gasteiger charge is -2.12. The van der Waals surface area contributed by atoms with Gasteiger partial charge in [0.15, 0.2) is 0 Å². The molecule has 0 bridgehead atoms. The normalized spacial score (nSPS) is 11.1. The fraction of sp³-hybridized carbons (Fsp3) is 0.107. The van der Waals surface area contributed by atoms with E-state index in [0.717, 1.165) is 23.3 Å². The van der Waals surface area contributed by atoms with Crippen molar-refractivity contribution in [2.75, 3.05) is 5.32 Å². The summed E-state index contributed by atoms with van der Waals surface area (Å²) in [7, 11) is 0. The molecule has 0 fully saturated rings. The molecule has 36 heavy (non-hydrogen) atoms. The molecule has 3 aromatic carbocycles. The summed E-state index contributed by atoms with van der Waals surface area (Å²) in [6, 6.07) is 22.0. The van der Waals surface area contributed by atoms with Gasteiger partial charge in [0.2, 0.25) is 5.91 Å². The molecule has 0 radical (unpaired) electrons. The predicted octanol–water partition coefficient (Wildman–Crippen LogP) is 5.88. The molecule has 0 spiro atoms. The van der Waals surface area contributed by atoms with Gasteiger partial charge in [0, 0.05) is 30.2 Å². The molecule has 1 heterocycles. The topological polar surface area (TPSA) is 71.1 Å². The standard InChI is InChI=1S/C28H22F3N3O2/c29-28(30,31)22-9-7-21(8-10-22)24-3-1-2-4-25(24)27(36)34-23-11-5-19(6-12-23)17-26(35)33-18-20-13-15-32-16-14-20/h1-16H,17-18H2,(H,33,35)(H,34,36). The zero-order chi connectivity index (χ0) is 25.5. The number of halogens is 3. The first-order valence-electron chi connectivity index (χ1n) is 11.1. The lowest BCUT2D eigenvalue weighted by molar-refractivity contribution is -0.137. The second-order valence-corrected chi connectivity index (χ2v) is 8.08. The number of alkyl halides is 3. The molecule has 2 amide bonds. The van der Waals surface area contributed by atoms with Crippen molar-refractivity contribution < 1.29 is 22.8 Å². The molecule has 4 rings (SSSR count). The maximum atomic E-state index is 13.0. The highest BCUT2D eigenvalue weighted by Gasteiger charge is 2.30. The molecule has 0 aliphatic rings. The average Bonchev–Trinajstić information content (AvgIpc) is 2.89. The minimum Gasteiger partial charge on any atom is -0.352 e. The summed E-state index contributed by atoms with van der Waals surface area (Å²) >= 11 is 0. The van der Waals surface area contributed by atoms with E-state index in [1.54, 1.807) is 60.9 Å². The van der Waals surface area contributed by atoms with Gasteiger partial charge in [-0.1, -0.05) is 42.5 Å². The Kier molecular flexibility index (Phi) is 7.44. The van der Waals surface area contributed by atoms with E-state index in [1.165, 1.54) is 12.1 Å². The summed E-state index contributed by atoms with van der Waals surface area (Å²) < 4.78 is 38.7. The first-order chi connectivity index (χ1) is 17.3. The second kappa shape index (κ2) is 10.9. The number of pyridine rings is 1. The number of carbonyl (C=O) groups excluding carboxylic acids is 2. The maximum absolute atomic E-state index is 13.0. The van der Waals surface area contributed by atoms with Crippen LogP contribution in [0.1, 0.15) is 27.0 Å². The van der Waals surface area contributed by atoms with E-state index in [1.807, 2.05) is 12.1 Å². The number of nitrogens with one attached hydrogen (secondary N) is 2. The lowest BCUT2D eigenvalue weighted by Crippen LogP contribution is -2.24. The molecule has 5 nitrogen and oxygen atoms in total. The Balaban J connectivity index is 1.39. The van der Waals surface area contributed by atoms with Crippen molar-refractivity contribution in [3.8, 4) is 11.1 Å². The number of carbonyl (C=O) groups is 2. The smallest absolute Gasteiger partial charge is 0.352 e. The third-order valence-electron chi connectivity index (χ3n) is 5.51. The lowest BCUT2D eigenvalue weighted by atomic mass is 9.98. The Labute approximate surface area is 206 Å². The van der Waals surface area contributed by atoms with E-state index in [2.05, 4.69) is 15.6 Å². The van der Waals surface area contributed by atoms with Gasteiger partial charge >= 0.3 is 6.18 Å². The molecule has 2 N–H and O–H groups in total. The van der Waals surface area contributed by atoms with Crippen LogP contribution in [0, 0.1) is 0 Å². The summed E-state index contributed by atoms with van der Waals surface area (Å²) in [5.41, 5.74) is 2.87. The van der Waals surface area contributed by atoms with E-state index >= 15 is 0 Å². The predicted molar refractivity (Wildman–Crippen MR) is 131 cm³/mol. The molecule has 182 valence electrons. The molecule has 0 saturated heterocycles. The van der Waals surface area contributed by atoms with Gasteiger partial charge in [0.05, 0.1) is 12.0 Å². The minimum absolute atomic E-state index is 0.130. The third-order valence-corrected chi connectivity index (χ3v) is 5.51. The summed E-state index contributed by atoms with van der Waals surface area (Å²) in [6.07, 6.45) is -0.912. The van der Waals surface area contributed by atoms with Crippen LogP contribution in [0.5, 0.6) is 0 Å². The molecule has 0 atom stereocenters. The molecular weight excluding hydrogens is 467 g/mol. The van der Waals surface area contributed by atoms with Crippen LogP contribution in [0.2, 0.25) is 0 Å². The second-order valence-electron chi connectivity index (χ2n) is 8.08. The quantitative estimate of drug-likeness (QED) is 0.341. The molecule has 0 aliphatic carbocycles. The van der Waals surface area contributed by atoms with Crippen LogP contribution in [-0.4, -0.2) is 16.8 Å². The fourth-order valence-corrected chi connectivity index (χ4v) is 3.63. The van der Waals surface area contributed by atoms with Crippen molar-refractivity contribution in [1.82, 2.24) is 10.3 Å². The van der Waals surface area contributed by atoms with Crippen LogP contribution in [0.25, 0.3) is 11.1 Å². The molecule has 0 aliphatic heterocycles. The number of hydrogen-bond donors (Lipinski definition) is 2. The first kappa shape index (κ1) is 24.7. The van der Waals surface area contributed by atoms with Gasteiger partial charge in [-0.3, -0.25) is 14.6 Å². The summed E-state index contributed by atoms with van der Waals surface area (Å²) in [5, 5.41) is 5.66. The number of anilines is 1. The Morgan fingerprint density at radius 3 is 2.11 bits per heavy atom. The number of benzene rings is 3. The summed E-state index contributed by atoms with van der Waals surface area (Å²) in [5.74, 6) is -0.526. The van der Waals surface area contributed by atoms with Crippen molar-refractivity contribution >= 4 is 17.5 Å². The molecule has 0 saturated carbocycles. The zero-order valence-corrected chi connectivity index (χ0v) is 19.0. The molecular formula is C28H22F3N3O2. The summed E-state index contributed by atoms with van der Waals surface area (Å²) in [6.45, 7) is 0.411. The Morgan fingerprint density at radius 1 is 0.778 bits per heavy atom. The van der Waals surface area contributed by atoms with Gasteiger partial charge in [0.1, 0.15) is 0 Å². The number of nitrogens with zero attached hydrogens (tertiary/aromatic N) is 1. The van der Waals surface area contributed by atoms with Gasteiger partial charge in [0.25, 0.3) is 5.91 Å². The first-order valence-corrected chi connectivity index (χ1v) is 11.1. The number of aromatic nitrogens is 1. The highest BCUT2D eigenvalue weighted by molar-refractivity contribution is 6.08. The van der Waals surface area contributed by atoms with Gasteiger partial charge in [-0.05, 0) is 64.7 Å². The zero-order valence-electron chi connectivity index (χ0n) is 19.0.